The van der Waals surface area contributed by atoms with Crippen LogP contribution in [0.25, 0.3) is 0 Å². The maximum absolute atomic E-state index is 11.6. The Morgan fingerprint density at radius 1 is 1.16 bits per heavy atom. The quantitative estimate of drug-likeness (QED) is 0.630. The molecule has 1 aliphatic rings. The van der Waals surface area contributed by atoms with Gasteiger partial charge in [0.05, 0.1) is 6.04 Å². The molecule has 2 atom stereocenters. The molecule has 0 spiro atoms. The molecule has 2 unspecified atom stereocenters. The largest absolute Gasteiger partial charge is 0.358 e. The van der Waals surface area contributed by atoms with Gasteiger partial charge in [-0.25, -0.2) is 0 Å². The molecule has 1 amide bonds. The minimum Gasteiger partial charge on any atom is -0.358 e. The van der Waals surface area contributed by atoms with Crippen LogP contribution in [-0.4, -0.2) is 25.5 Å². The van der Waals surface area contributed by atoms with Crippen LogP contribution in [0.4, 0.5) is 0 Å². The number of unbranched alkanes of at least 4 members (excludes halogenated alkanes) is 6. The molecular weight excluding hydrogens is 236 g/mol. The highest BCUT2D eigenvalue weighted by Crippen LogP contribution is 2.23. The lowest BCUT2D eigenvalue weighted by Gasteiger charge is -2.29. The van der Waals surface area contributed by atoms with E-state index < -0.39 is 0 Å². The fourth-order valence-corrected chi connectivity index (χ4v) is 3.02. The molecule has 0 aromatic rings. The van der Waals surface area contributed by atoms with Gasteiger partial charge in [0.2, 0.25) is 5.91 Å². The van der Waals surface area contributed by atoms with E-state index in [1.165, 1.54) is 57.8 Å². The van der Waals surface area contributed by atoms with Crippen LogP contribution in [0.5, 0.6) is 0 Å². The van der Waals surface area contributed by atoms with Crippen LogP contribution in [0.3, 0.4) is 0 Å². The summed E-state index contributed by atoms with van der Waals surface area (Å²) in [6.07, 6.45) is 13.2. The van der Waals surface area contributed by atoms with Gasteiger partial charge in [0.25, 0.3) is 0 Å². The molecule has 0 aromatic carbocycles. The fourth-order valence-electron chi connectivity index (χ4n) is 3.02. The monoisotopic (exact) mass is 268 g/mol. The number of hydrogen-bond donors (Lipinski definition) is 2. The highest BCUT2D eigenvalue weighted by molar-refractivity contribution is 5.81. The molecule has 1 rings (SSSR count). The zero-order valence-corrected chi connectivity index (χ0v) is 12.8. The van der Waals surface area contributed by atoms with Crippen LogP contribution in [0.15, 0.2) is 0 Å². The zero-order valence-electron chi connectivity index (χ0n) is 12.8. The van der Waals surface area contributed by atoms with Gasteiger partial charge in [0.15, 0.2) is 0 Å². The first-order chi connectivity index (χ1) is 9.27. The molecule has 112 valence electrons. The minimum atomic E-state index is 0.0494. The molecule has 0 bridgehead atoms. The third-order valence-electron chi connectivity index (χ3n) is 4.29. The van der Waals surface area contributed by atoms with E-state index in [2.05, 4.69) is 17.6 Å². The Bertz CT molecular complexity index is 243. The van der Waals surface area contributed by atoms with Gasteiger partial charge in [-0.2, -0.15) is 0 Å². The molecule has 3 nitrogen and oxygen atoms in total. The second kappa shape index (κ2) is 10.2. The highest BCUT2D eigenvalue weighted by Gasteiger charge is 2.25. The van der Waals surface area contributed by atoms with Crippen molar-refractivity contribution in [3.63, 3.8) is 0 Å². The standard InChI is InChI=1S/C16H32N2O/c1-3-4-5-6-7-8-9-10-14-11-12-18-15(13-14)16(19)17-2/h14-15,18H,3-13H2,1-2H3,(H,17,19). The van der Waals surface area contributed by atoms with Gasteiger partial charge in [0.1, 0.15) is 0 Å². The van der Waals surface area contributed by atoms with Crippen molar-refractivity contribution in [1.82, 2.24) is 10.6 Å². The lowest BCUT2D eigenvalue weighted by molar-refractivity contribution is -0.123. The number of nitrogens with one attached hydrogen (secondary N) is 2. The summed E-state index contributed by atoms with van der Waals surface area (Å²) in [5.74, 6) is 0.906. The summed E-state index contributed by atoms with van der Waals surface area (Å²) in [7, 11) is 1.73. The number of hydrogen-bond acceptors (Lipinski definition) is 2. The van der Waals surface area contributed by atoms with E-state index in [1.54, 1.807) is 7.05 Å². The van der Waals surface area contributed by atoms with Crippen molar-refractivity contribution in [3.8, 4) is 0 Å². The first-order valence-electron chi connectivity index (χ1n) is 8.23. The highest BCUT2D eigenvalue weighted by atomic mass is 16.2. The molecule has 1 saturated heterocycles. The van der Waals surface area contributed by atoms with Gasteiger partial charge in [-0.3, -0.25) is 4.79 Å². The lowest BCUT2D eigenvalue weighted by atomic mass is 9.87. The van der Waals surface area contributed by atoms with E-state index in [9.17, 15) is 4.79 Å². The van der Waals surface area contributed by atoms with Gasteiger partial charge < -0.3 is 10.6 Å². The second-order valence-electron chi connectivity index (χ2n) is 5.92. The molecule has 0 radical (unpaired) electrons. The normalized spacial score (nSPS) is 23.3. The van der Waals surface area contributed by atoms with Crippen molar-refractivity contribution in [3.05, 3.63) is 0 Å². The van der Waals surface area contributed by atoms with E-state index in [1.807, 2.05) is 0 Å². The molecule has 0 saturated carbocycles. The molecular formula is C16H32N2O. The Labute approximate surface area is 118 Å². The maximum Gasteiger partial charge on any atom is 0.236 e. The topological polar surface area (TPSA) is 41.1 Å². The summed E-state index contributed by atoms with van der Waals surface area (Å²) in [6, 6.07) is 0.0494. The smallest absolute Gasteiger partial charge is 0.236 e. The number of carbonyl (C=O) groups is 1. The molecule has 3 heteroatoms. The van der Waals surface area contributed by atoms with Crippen molar-refractivity contribution in [1.29, 1.82) is 0 Å². The van der Waals surface area contributed by atoms with E-state index in [0.717, 1.165) is 18.9 Å². The van der Waals surface area contributed by atoms with Crippen LogP contribution in [0.1, 0.15) is 71.1 Å². The van der Waals surface area contributed by atoms with Crippen LogP contribution >= 0.6 is 0 Å². The average Bonchev–Trinajstić information content (AvgIpc) is 2.46. The molecule has 19 heavy (non-hydrogen) atoms. The third-order valence-corrected chi connectivity index (χ3v) is 4.29. The van der Waals surface area contributed by atoms with Crippen LogP contribution in [0, 0.1) is 5.92 Å². The van der Waals surface area contributed by atoms with Gasteiger partial charge in [0, 0.05) is 7.05 Å². The average molecular weight is 268 g/mol. The molecule has 1 aliphatic heterocycles. The number of likely N-dealkylation sites (N-methyl/N-ethyl adjacent to an activating group) is 1. The van der Waals surface area contributed by atoms with E-state index in [0.29, 0.717) is 0 Å². The van der Waals surface area contributed by atoms with E-state index >= 15 is 0 Å². The Balaban J connectivity index is 2.04. The van der Waals surface area contributed by atoms with Crippen LogP contribution in [0.2, 0.25) is 0 Å². The number of carbonyl (C=O) groups excluding carboxylic acids is 1. The number of amides is 1. The second-order valence-corrected chi connectivity index (χ2v) is 5.92. The van der Waals surface area contributed by atoms with Gasteiger partial charge >= 0.3 is 0 Å². The Kier molecular flexibility index (Phi) is 8.89. The molecule has 0 aliphatic carbocycles. The first-order valence-corrected chi connectivity index (χ1v) is 8.23. The summed E-state index contributed by atoms with van der Waals surface area (Å²) in [6.45, 7) is 3.26. The summed E-state index contributed by atoms with van der Waals surface area (Å²) in [5.41, 5.74) is 0. The van der Waals surface area contributed by atoms with Crippen molar-refractivity contribution in [2.45, 2.75) is 77.2 Å². The Morgan fingerprint density at radius 3 is 2.53 bits per heavy atom. The Morgan fingerprint density at radius 2 is 1.84 bits per heavy atom. The van der Waals surface area contributed by atoms with Gasteiger partial charge in [-0.15, -0.1) is 0 Å². The van der Waals surface area contributed by atoms with Crippen molar-refractivity contribution in [2.24, 2.45) is 5.92 Å². The molecule has 0 aromatic heterocycles. The van der Waals surface area contributed by atoms with Crippen molar-refractivity contribution < 1.29 is 4.79 Å². The van der Waals surface area contributed by atoms with Crippen LogP contribution < -0.4 is 10.6 Å². The third kappa shape index (κ3) is 6.95. The fraction of sp³-hybridized carbons (Fsp3) is 0.938. The predicted molar refractivity (Wildman–Crippen MR) is 81.2 cm³/mol. The van der Waals surface area contributed by atoms with Crippen molar-refractivity contribution >= 4 is 5.91 Å². The summed E-state index contributed by atoms with van der Waals surface area (Å²) in [5, 5.41) is 6.06. The summed E-state index contributed by atoms with van der Waals surface area (Å²) in [4.78, 5) is 11.6. The first kappa shape index (κ1) is 16.5. The SMILES string of the molecule is CCCCCCCCCC1CCNC(C(=O)NC)C1. The number of piperidine rings is 1. The van der Waals surface area contributed by atoms with Gasteiger partial charge in [-0.05, 0) is 25.3 Å². The number of rotatable bonds is 9. The molecule has 1 fully saturated rings. The van der Waals surface area contributed by atoms with E-state index in [-0.39, 0.29) is 11.9 Å². The van der Waals surface area contributed by atoms with Gasteiger partial charge in [-0.1, -0.05) is 58.3 Å². The molecule has 1 heterocycles. The van der Waals surface area contributed by atoms with Crippen LogP contribution in [-0.2, 0) is 4.79 Å². The van der Waals surface area contributed by atoms with E-state index in [4.69, 9.17) is 0 Å². The zero-order chi connectivity index (χ0) is 13.9. The summed E-state index contributed by atoms with van der Waals surface area (Å²) < 4.78 is 0. The Hall–Kier alpha value is -0.570. The van der Waals surface area contributed by atoms with Crippen molar-refractivity contribution in [2.75, 3.05) is 13.6 Å². The summed E-state index contributed by atoms with van der Waals surface area (Å²) >= 11 is 0. The molecule has 2 N–H and O–H groups in total. The minimum absolute atomic E-state index is 0.0494. The predicted octanol–water partition coefficient (Wildman–Crippen LogP) is 3.24. The maximum atomic E-state index is 11.6. The lowest BCUT2D eigenvalue weighted by Crippen LogP contribution is -2.47.